The Morgan fingerprint density at radius 1 is 0.621 bits per heavy atom. The maximum Gasteiger partial charge on any atom is 0.0576 e. The Labute approximate surface area is 175 Å². The molecule has 0 saturated heterocycles. The van der Waals surface area contributed by atoms with Crippen molar-refractivity contribution < 1.29 is 4.74 Å². The van der Waals surface area contributed by atoms with Gasteiger partial charge in [0.15, 0.2) is 0 Å². The lowest BCUT2D eigenvalue weighted by molar-refractivity contribution is -0.0251. The van der Waals surface area contributed by atoms with Crippen molar-refractivity contribution >= 4 is 22.7 Å². The first-order valence-electron chi connectivity index (χ1n) is 10.8. The summed E-state index contributed by atoms with van der Waals surface area (Å²) in [6.45, 7) is 4.40. The van der Waals surface area contributed by atoms with Gasteiger partial charge in [0.25, 0.3) is 0 Å². The van der Waals surface area contributed by atoms with Gasteiger partial charge in [-0.25, -0.2) is 0 Å². The van der Waals surface area contributed by atoms with Crippen molar-refractivity contribution in [3.63, 3.8) is 0 Å². The monoisotopic (exact) mass is 398 g/mol. The number of rotatable bonds is 12. The van der Waals surface area contributed by atoms with E-state index in [1.165, 1.54) is 11.1 Å². The van der Waals surface area contributed by atoms with Crippen molar-refractivity contribution in [1.82, 2.24) is 0 Å². The maximum absolute atomic E-state index is 6.42. The summed E-state index contributed by atoms with van der Waals surface area (Å²) in [5, 5.41) is 0. The zero-order valence-corrected chi connectivity index (χ0v) is 18.0. The predicted molar refractivity (Wildman–Crippen MR) is 126 cm³/mol. The summed E-state index contributed by atoms with van der Waals surface area (Å²) >= 11 is 0. The van der Waals surface area contributed by atoms with Crippen LogP contribution in [-0.4, -0.2) is 12.2 Å². The molecule has 0 heterocycles. The van der Waals surface area contributed by atoms with Crippen LogP contribution in [0.25, 0.3) is 0 Å². The van der Waals surface area contributed by atoms with Crippen LogP contribution < -0.4 is 22.9 Å². The molecule has 0 radical (unpaired) electrons. The van der Waals surface area contributed by atoms with Gasteiger partial charge >= 0.3 is 0 Å². The summed E-state index contributed by atoms with van der Waals surface area (Å²) in [4.78, 5) is 0. The fourth-order valence-corrected chi connectivity index (χ4v) is 3.86. The van der Waals surface area contributed by atoms with Gasteiger partial charge in [-0.05, 0) is 98.9 Å². The summed E-state index contributed by atoms with van der Waals surface area (Å²) in [6, 6.07) is 11.6. The highest BCUT2D eigenvalue weighted by Crippen LogP contribution is 2.21. The van der Waals surface area contributed by atoms with Gasteiger partial charge in [-0.2, -0.15) is 0 Å². The van der Waals surface area contributed by atoms with Gasteiger partial charge in [0.2, 0.25) is 0 Å². The van der Waals surface area contributed by atoms with Crippen LogP contribution in [0.5, 0.6) is 0 Å². The molecule has 5 heteroatoms. The highest BCUT2D eigenvalue weighted by molar-refractivity contribution is 5.55. The molecule has 0 saturated carbocycles. The van der Waals surface area contributed by atoms with Gasteiger partial charge in [0.05, 0.1) is 12.2 Å². The number of hydrogen-bond donors (Lipinski definition) is 4. The first-order chi connectivity index (χ1) is 13.9. The molecule has 2 aromatic carbocycles. The molecule has 2 atom stereocenters. The van der Waals surface area contributed by atoms with E-state index in [0.29, 0.717) is 12.2 Å². The van der Waals surface area contributed by atoms with Crippen LogP contribution >= 0.6 is 0 Å². The van der Waals surface area contributed by atoms with Crippen LogP contribution in [0.4, 0.5) is 22.7 Å². The van der Waals surface area contributed by atoms with Crippen LogP contribution in [0.2, 0.25) is 0 Å². The van der Waals surface area contributed by atoms with Crippen molar-refractivity contribution in [1.29, 1.82) is 0 Å². The summed E-state index contributed by atoms with van der Waals surface area (Å²) in [5.41, 5.74) is 28.9. The minimum atomic E-state index is 0.293. The number of nitrogens with two attached hydrogens (primary N) is 4. The molecule has 0 amide bonds. The van der Waals surface area contributed by atoms with E-state index in [1.54, 1.807) is 12.1 Å². The number of anilines is 4. The average Bonchev–Trinajstić information content (AvgIpc) is 2.64. The van der Waals surface area contributed by atoms with E-state index in [1.807, 2.05) is 24.3 Å². The molecule has 2 aromatic rings. The highest BCUT2D eigenvalue weighted by atomic mass is 16.5. The first-order valence-corrected chi connectivity index (χ1v) is 10.8. The fraction of sp³-hybridized carbons (Fsp3) is 0.500. The van der Waals surface area contributed by atoms with Gasteiger partial charge in [0.1, 0.15) is 0 Å². The van der Waals surface area contributed by atoms with E-state index >= 15 is 0 Å². The Morgan fingerprint density at radius 3 is 1.28 bits per heavy atom. The predicted octanol–water partition coefficient (Wildman–Crippen LogP) is 4.93. The third-order valence-corrected chi connectivity index (χ3v) is 5.35. The van der Waals surface area contributed by atoms with Crippen LogP contribution in [0, 0.1) is 0 Å². The Kier molecular flexibility index (Phi) is 9.13. The van der Waals surface area contributed by atoms with E-state index in [-0.39, 0.29) is 0 Å². The normalized spacial score (nSPS) is 13.3. The number of aryl methyl sites for hydroxylation is 2. The van der Waals surface area contributed by atoms with Crippen molar-refractivity contribution in [2.24, 2.45) is 0 Å². The highest BCUT2D eigenvalue weighted by Gasteiger charge is 2.14. The molecule has 0 aliphatic carbocycles. The Hall–Kier alpha value is -2.40. The van der Waals surface area contributed by atoms with E-state index in [9.17, 15) is 0 Å². The van der Waals surface area contributed by atoms with Gasteiger partial charge < -0.3 is 27.7 Å². The number of nitrogen functional groups attached to an aromatic ring is 4. The standard InChI is InChI=1S/C24H38N4O/c1-3-23(9-5-7-17-11-19(25)15-20(26)12-17)29-24(4-2)10-6-8-18-13-21(27)16-22(28)14-18/h11-16,23-24H,3-10,25-28H2,1-2H3. The number of hydrogen-bond acceptors (Lipinski definition) is 5. The van der Waals surface area contributed by atoms with Crippen LogP contribution in [0.1, 0.15) is 63.5 Å². The van der Waals surface area contributed by atoms with Crippen molar-refractivity contribution in [2.45, 2.75) is 77.4 Å². The molecule has 8 N–H and O–H groups in total. The molecule has 2 rings (SSSR count). The zero-order chi connectivity index (χ0) is 21.2. The Morgan fingerprint density at radius 2 is 0.966 bits per heavy atom. The molecular formula is C24H38N4O. The van der Waals surface area contributed by atoms with E-state index in [2.05, 4.69) is 13.8 Å². The molecular weight excluding hydrogens is 360 g/mol. The summed E-state index contributed by atoms with van der Waals surface area (Å²) in [7, 11) is 0. The maximum atomic E-state index is 6.42. The lowest BCUT2D eigenvalue weighted by atomic mass is 10.0. The largest absolute Gasteiger partial charge is 0.399 e. The van der Waals surface area contributed by atoms with E-state index < -0.39 is 0 Å². The van der Waals surface area contributed by atoms with Crippen LogP contribution in [0.15, 0.2) is 36.4 Å². The molecule has 0 aromatic heterocycles. The summed E-state index contributed by atoms with van der Waals surface area (Å²) in [5.74, 6) is 0. The van der Waals surface area contributed by atoms with E-state index in [0.717, 1.165) is 74.1 Å². The molecule has 5 nitrogen and oxygen atoms in total. The van der Waals surface area contributed by atoms with Gasteiger partial charge in [-0.15, -0.1) is 0 Å². The van der Waals surface area contributed by atoms with E-state index in [4.69, 9.17) is 27.7 Å². The Bertz CT molecular complexity index is 659. The molecule has 29 heavy (non-hydrogen) atoms. The third-order valence-electron chi connectivity index (χ3n) is 5.35. The minimum Gasteiger partial charge on any atom is -0.399 e. The number of ether oxygens (including phenoxy) is 1. The molecule has 160 valence electrons. The fourth-order valence-electron chi connectivity index (χ4n) is 3.86. The average molecular weight is 399 g/mol. The molecule has 0 fully saturated rings. The first kappa shape index (κ1) is 22.9. The topological polar surface area (TPSA) is 113 Å². The van der Waals surface area contributed by atoms with Crippen molar-refractivity contribution in [3.8, 4) is 0 Å². The molecule has 0 aliphatic rings. The molecule has 0 spiro atoms. The minimum absolute atomic E-state index is 0.293. The van der Waals surface area contributed by atoms with Crippen molar-refractivity contribution in [2.75, 3.05) is 22.9 Å². The second-order valence-corrected chi connectivity index (χ2v) is 8.00. The zero-order valence-electron chi connectivity index (χ0n) is 18.0. The third kappa shape index (κ3) is 8.24. The lowest BCUT2D eigenvalue weighted by Crippen LogP contribution is -2.21. The SMILES string of the molecule is CCC(CCCc1cc(N)cc(N)c1)OC(CC)CCCc1cc(N)cc(N)c1. The second-order valence-electron chi connectivity index (χ2n) is 8.00. The molecule has 0 bridgehead atoms. The van der Waals surface area contributed by atoms with Gasteiger partial charge in [-0.1, -0.05) is 13.8 Å². The Balaban J connectivity index is 1.76. The molecule has 2 unspecified atom stereocenters. The second kappa shape index (κ2) is 11.6. The smallest absolute Gasteiger partial charge is 0.0576 e. The van der Waals surface area contributed by atoms with Crippen molar-refractivity contribution in [3.05, 3.63) is 47.5 Å². The van der Waals surface area contributed by atoms with Gasteiger partial charge in [-0.3, -0.25) is 0 Å². The lowest BCUT2D eigenvalue weighted by Gasteiger charge is -2.23. The van der Waals surface area contributed by atoms with Crippen LogP contribution in [-0.2, 0) is 17.6 Å². The summed E-state index contributed by atoms with van der Waals surface area (Å²) < 4.78 is 6.42. The van der Waals surface area contributed by atoms with Crippen LogP contribution in [0.3, 0.4) is 0 Å². The quantitative estimate of drug-likeness (QED) is 0.378. The van der Waals surface area contributed by atoms with Gasteiger partial charge in [0, 0.05) is 22.7 Å². The number of benzene rings is 2. The molecule has 0 aliphatic heterocycles. The summed E-state index contributed by atoms with van der Waals surface area (Å²) in [6.07, 6.45) is 8.83.